The number of ether oxygens (including phenoxy) is 10. The number of aliphatic hydroxyl groups excluding tert-OH is 1. The number of rotatable bonds is 25. The SMILES string of the molecule is O[C@H]1O[C@H](COCc2ccccc2)[C@@H](OCc2ccccc2)[C@H](OCc2ccccc2)[C@@H]1OC1O[C@H](COCc2ccccc2)[C@H](OCc2ccccc2)[C@H](OCc2ccccc2)[C@H]1OCc1ccccc1. The van der Waals surface area contributed by atoms with E-state index in [1.165, 1.54) is 0 Å². The van der Waals surface area contributed by atoms with Gasteiger partial charge in [-0.3, -0.25) is 0 Å². The molecule has 0 aromatic heterocycles. The van der Waals surface area contributed by atoms with Gasteiger partial charge in [0.05, 0.1) is 59.5 Å². The summed E-state index contributed by atoms with van der Waals surface area (Å²) in [5.41, 5.74) is 6.77. The zero-order valence-corrected chi connectivity index (χ0v) is 40.4. The molecule has 374 valence electrons. The summed E-state index contributed by atoms with van der Waals surface area (Å²) in [4.78, 5) is 0. The first-order valence-corrected chi connectivity index (χ1v) is 24.8. The maximum atomic E-state index is 12.3. The van der Waals surface area contributed by atoms with Crippen LogP contribution in [0.2, 0.25) is 0 Å². The van der Waals surface area contributed by atoms with Gasteiger partial charge in [-0.1, -0.05) is 212 Å². The molecule has 0 amide bonds. The average molecular weight is 973 g/mol. The Labute approximate surface area is 423 Å². The molecule has 9 rings (SSSR count). The third-order valence-electron chi connectivity index (χ3n) is 12.7. The summed E-state index contributed by atoms with van der Waals surface area (Å²) in [5.74, 6) is 0. The first-order valence-electron chi connectivity index (χ1n) is 24.8. The van der Waals surface area contributed by atoms with E-state index in [9.17, 15) is 5.11 Å². The van der Waals surface area contributed by atoms with Crippen LogP contribution in [0.4, 0.5) is 0 Å². The van der Waals surface area contributed by atoms with Crippen LogP contribution in [-0.2, 0) is 93.6 Å². The zero-order chi connectivity index (χ0) is 49.0. The Bertz CT molecular complexity index is 2550. The summed E-state index contributed by atoms with van der Waals surface area (Å²) in [6.45, 7) is 2.01. The Morgan fingerprint density at radius 1 is 0.292 bits per heavy atom. The Morgan fingerprint density at radius 2 is 0.556 bits per heavy atom. The standard InChI is InChI=1S/C61H64O11/c62-60-58(56(67-40-49-30-16-5-17-31-49)54(65-38-47-26-12-3-13-27-47)52(70-60)43-63-36-45-22-8-1-9-23-45)72-61-59(69-42-51-34-20-7-21-35-51)57(68-41-50-32-18-6-19-33-50)55(66-39-48-28-14-4-15-29-48)53(71-61)44-64-37-46-24-10-2-11-25-46/h1-35,52-62H,36-44H2/t52-,53-,54-,55+,56+,57+,58+,59-,60+,61?/m1/s1. The van der Waals surface area contributed by atoms with Crippen molar-refractivity contribution in [2.24, 2.45) is 0 Å². The molecule has 2 aliphatic heterocycles. The molecule has 11 nitrogen and oxygen atoms in total. The second-order valence-electron chi connectivity index (χ2n) is 18.0. The summed E-state index contributed by atoms with van der Waals surface area (Å²) >= 11 is 0. The van der Waals surface area contributed by atoms with Gasteiger partial charge in [0, 0.05) is 0 Å². The quantitative estimate of drug-likeness (QED) is 0.0591. The fourth-order valence-corrected chi connectivity index (χ4v) is 8.98. The van der Waals surface area contributed by atoms with Gasteiger partial charge in [0.2, 0.25) is 0 Å². The van der Waals surface area contributed by atoms with Gasteiger partial charge in [-0.2, -0.15) is 0 Å². The monoisotopic (exact) mass is 972 g/mol. The summed E-state index contributed by atoms with van der Waals surface area (Å²) in [6, 6.07) is 69.6. The van der Waals surface area contributed by atoms with Crippen LogP contribution in [0.1, 0.15) is 38.9 Å². The molecule has 2 heterocycles. The molecule has 0 radical (unpaired) electrons. The van der Waals surface area contributed by atoms with Crippen LogP contribution in [0.25, 0.3) is 0 Å². The van der Waals surface area contributed by atoms with Gasteiger partial charge in [0.1, 0.15) is 48.8 Å². The van der Waals surface area contributed by atoms with Crippen molar-refractivity contribution in [2.75, 3.05) is 13.2 Å². The molecule has 7 aromatic rings. The topological polar surface area (TPSA) is 113 Å². The van der Waals surface area contributed by atoms with E-state index >= 15 is 0 Å². The van der Waals surface area contributed by atoms with Crippen molar-refractivity contribution in [2.45, 2.75) is 108 Å². The van der Waals surface area contributed by atoms with Gasteiger partial charge in [0.25, 0.3) is 0 Å². The lowest BCUT2D eigenvalue weighted by Crippen LogP contribution is -2.66. The summed E-state index contributed by atoms with van der Waals surface area (Å²) in [6.07, 6.45) is -9.48. The van der Waals surface area contributed by atoms with Gasteiger partial charge < -0.3 is 52.5 Å². The molecule has 11 heteroatoms. The van der Waals surface area contributed by atoms with Crippen molar-refractivity contribution in [1.29, 1.82) is 0 Å². The molecule has 1 unspecified atom stereocenters. The van der Waals surface area contributed by atoms with Gasteiger partial charge >= 0.3 is 0 Å². The molecule has 0 spiro atoms. The predicted molar refractivity (Wildman–Crippen MR) is 272 cm³/mol. The number of aliphatic hydroxyl groups is 1. The Morgan fingerprint density at radius 3 is 0.889 bits per heavy atom. The van der Waals surface area contributed by atoms with E-state index in [-0.39, 0.29) is 46.2 Å². The van der Waals surface area contributed by atoms with Crippen LogP contribution in [0.5, 0.6) is 0 Å². The van der Waals surface area contributed by atoms with E-state index in [1.807, 2.05) is 212 Å². The number of hydrogen-bond acceptors (Lipinski definition) is 11. The summed E-state index contributed by atoms with van der Waals surface area (Å²) in [5, 5.41) is 12.3. The van der Waals surface area contributed by atoms with E-state index < -0.39 is 61.4 Å². The molecule has 2 saturated heterocycles. The van der Waals surface area contributed by atoms with Crippen molar-refractivity contribution in [1.82, 2.24) is 0 Å². The highest BCUT2D eigenvalue weighted by Gasteiger charge is 2.54. The second-order valence-corrected chi connectivity index (χ2v) is 18.0. The van der Waals surface area contributed by atoms with Crippen molar-refractivity contribution < 1.29 is 52.5 Å². The third kappa shape index (κ3) is 14.8. The largest absolute Gasteiger partial charge is 0.374 e. The smallest absolute Gasteiger partial charge is 0.187 e. The first-order chi connectivity index (χ1) is 35.6. The highest BCUT2D eigenvalue weighted by molar-refractivity contribution is 5.19. The lowest BCUT2D eigenvalue weighted by molar-refractivity contribution is -0.379. The van der Waals surface area contributed by atoms with Crippen LogP contribution in [0.15, 0.2) is 212 Å². The van der Waals surface area contributed by atoms with Crippen molar-refractivity contribution >= 4 is 0 Å². The molecule has 7 aromatic carbocycles. The van der Waals surface area contributed by atoms with Crippen molar-refractivity contribution in [3.05, 3.63) is 251 Å². The molecule has 72 heavy (non-hydrogen) atoms. The molecule has 0 bridgehead atoms. The molecule has 2 fully saturated rings. The highest BCUT2D eigenvalue weighted by Crippen LogP contribution is 2.36. The van der Waals surface area contributed by atoms with E-state index in [0.29, 0.717) is 13.2 Å². The fourth-order valence-electron chi connectivity index (χ4n) is 8.98. The summed E-state index contributed by atoms with van der Waals surface area (Å²) < 4.78 is 68.3. The molecule has 0 aliphatic carbocycles. The van der Waals surface area contributed by atoms with E-state index in [0.717, 1.165) is 38.9 Å². The molecule has 10 atom stereocenters. The van der Waals surface area contributed by atoms with E-state index in [2.05, 4.69) is 0 Å². The molecule has 1 N–H and O–H groups in total. The maximum Gasteiger partial charge on any atom is 0.187 e. The summed E-state index contributed by atoms with van der Waals surface area (Å²) in [7, 11) is 0. The molecular weight excluding hydrogens is 909 g/mol. The maximum absolute atomic E-state index is 12.3. The molecular formula is C61H64O11. The minimum Gasteiger partial charge on any atom is -0.374 e. The minimum atomic E-state index is -1.52. The molecule has 0 saturated carbocycles. The fraction of sp³-hybridized carbons (Fsp3) is 0.311. The number of hydrogen-bond donors (Lipinski definition) is 1. The van der Waals surface area contributed by atoms with Crippen LogP contribution in [0, 0.1) is 0 Å². The van der Waals surface area contributed by atoms with Crippen LogP contribution < -0.4 is 0 Å². The van der Waals surface area contributed by atoms with Crippen LogP contribution in [0.3, 0.4) is 0 Å². The Balaban J connectivity index is 1.07. The lowest BCUT2D eigenvalue weighted by atomic mass is 9.96. The first kappa shape index (κ1) is 51.0. The molecule has 2 aliphatic rings. The Hall–Kier alpha value is -5.90. The van der Waals surface area contributed by atoms with Crippen LogP contribution >= 0.6 is 0 Å². The van der Waals surface area contributed by atoms with Crippen molar-refractivity contribution in [3.8, 4) is 0 Å². The normalized spacial score (nSPS) is 24.2. The third-order valence-corrected chi connectivity index (χ3v) is 12.7. The predicted octanol–water partition coefficient (Wildman–Crippen LogP) is 10.2. The van der Waals surface area contributed by atoms with Gasteiger partial charge in [-0.05, 0) is 38.9 Å². The van der Waals surface area contributed by atoms with Gasteiger partial charge in [-0.15, -0.1) is 0 Å². The number of benzene rings is 7. The van der Waals surface area contributed by atoms with E-state index in [4.69, 9.17) is 47.4 Å². The second kappa shape index (κ2) is 27.2. The van der Waals surface area contributed by atoms with Crippen molar-refractivity contribution in [3.63, 3.8) is 0 Å². The Kier molecular flexibility index (Phi) is 19.3. The van der Waals surface area contributed by atoms with Crippen LogP contribution in [-0.4, -0.2) is 79.7 Å². The average Bonchev–Trinajstić information content (AvgIpc) is 3.43. The van der Waals surface area contributed by atoms with Gasteiger partial charge in [0.15, 0.2) is 12.6 Å². The van der Waals surface area contributed by atoms with E-state index in [1.54, 1.807) is 0 Å². The lowest BCUT2D eigenvalue weighted by Gasteiger charge is -2.49. The highest BCUT2D eigenvalue weighted by atomic mass is 16.8. The van der Waals surface area contributed by atoms with Gasteiger partial charge in [-0.25, -0.2) is 0 Å². The zero-order valence-electron chi connectivity index (χ0n) is 40.4. The minimum absolute atomic E-state index is 0.0999.